The first-order valence-corrected chi connectivity index (χ1v) is 11.3. The SMILES string of the molecule is CCOC(=O)C/C(C)=N\NC(=O)CCN1C(=O)NC(C)=C(C(=O)OCC)C1c1cccc([N+](=O)[O-])c1. The first-order valence-electron chi connectivity index (χ1n) is 11.3. The molecule has 0 radical (unpaired) electrons. The smallest absolute Gasteiger partial charge is 0.338 e. The van der Waals surface area contributed by atoms with Gasteiger partial charge in [-0.25, -0.2) is 15.0 Å². The zero-order chi connectivity index (χ0) is 26.8. The van der Waals surface area contributed by atoms with Gasteiger partial charge >= 0.3 is 18.0 Å². The number of nitrogens with one attached hydrogen (secondary N) is 2. The molecule has 13 nitrogen and oxygen atoms in total. The van der Waals surface area contributed by atoms with Crippen molar-refractivity contribution in [3.63, 3.8) is 0 Å². The van der Waals surface area contributed by atoms with Gasteiger partial charge in [-0.2, -0.15) is 5.10 Å². The molecule has 1 heterocycles. The maximum atomic E-state index is 12.9. The molecule has 0 saturated heterocycles. The number of benzene rings is 1. The summed E-state index contributed by atoms with van der Waals surface area (Å²) in [6, 6.07) is 3.95. The average molecular weight is 504 g/mol. The van der Waals surface area contributed by atoms with Crippen molar-refractivity contribution in [1.29, 1.82) is 0 Å². The first-order chi connectivity index (χ1) is 17.1. The average Bonchev–Trinajstić information content (AvgIpc) is 2.82. The van der Waals surface area contributed by atoms with E-state index in [1.54, 1.807) is 26.8 Å². The van der Waals surface area contributed by atoms with Gasteiger partial charge in [0.05, 0.1) is 36.2 Å². The van der Waals surface area contributed by atoms with Crippen molar-refractivity contribution in [1.82, 2.24) is 15.6 Å². The minimum atomic E-state index is -1.03. The number of non-ortho nitro benzene ring substituents is 1. The van der Waals surface area contributed by atoms with E-state index >= 15 is 0 Å². The van der Waals surface area contributed by atoms with Gasteiger partial charge < -0.3 is 19.7 Å². The predicted molar refractivity (Wildman–Crippen MR) is 128 cm³/mol. The number of rotatable bonds is 11. The minimum Gasteiger partial charge on any atom is -0.466 e. The Morgan fingerprint density at radius 2 is 1.92 bits per heavy atom. The molecule has 0 spiro atoms. The predicted octanol–water partition coefficient (Wildman–Crippen LogP) is 2.33. The number of amides is 3. The van der Waals surface area contributed by atoms with Crippen LogP contribution in [-0.2, 0) is 23.9 Å². The van der Waals surface area contributed by atoms with Crippen LogP contribution in [0.3, 0.4) is 0 Å². The van der Waals surface area contributed by atoms with Crippen molar-refractivity contribution >= 4 is 35.3 Å². The molecule has 0 aromatic heterocycles. The van der Waals surface area contributed by atoms with Crippen LogP contribution in [0.4, 0.5) is 10.5 Å². The van der Waals surface area contributed by atoms with Crippen LogP contribution >= 0.6 is 0 Å². The lowest BCUT2D eigenvalue weighted by Crippen LogP contribution is -2.49. The third-order valence-electron chi connectivity index (χ3n) is 5.09. The number of urea groups is 1. The van der Waals surface area contributed by atoms with Crippen molar-refractivity contribution in [2.75, 3.05) is 19.8 Å². The molecule has 0 fully saturated rings. The summed E-state index contributed by atoms with van der Waals surface area (Å²) >= 11 is 0. The summed E-state index contributed by atoms with van der Waals surface area (Å²) in [5.41, 5.74) is 3.08. The second-order valence-electron chi connectivity index (χ2n) is 7.75. The summed E-state index contributed by atoms with van der Waals surface area (Å²) in [5.74, 6) is -1.72. The van der Waals surface area contributed by atoms with Crippen LogP contribution in [-0.4, -0.2) is 59.2 Å². The highest BCUT2D eigenvalue weighted by atomic mass is 16.6. The standard InChI is InChI=1S/C23H29N5O8/c1-5-35-19(30)12-14(3)25-26-18(29)10-11-27-21(16-8-7-9-17(13-16)28(33)34)20(22(31)36-6-2)15(4)24-23(27)32/h7-9,13,21H,5-6,10-12H2,1-4H3,(H,24,32)(H,26,29)/b25-14-. The van der Waals surface area contributed by atoms with Gasteiger partial charge in [-0.1, -0.05) is 12.1 Å². The Morgan fingerprint density at radius 3 is 2.56 bits per heavy atom. The Balaban J connectivity index is 2.29. The number of ether oxygens (including phenoxy) is 2. The third-order valence-corrected chi connectivity index (χ3v) is 5.09. The molecule has 1 aliphatic heterocycles. The highest BCUT2D eigenvalue weighted by Crippen LogP contribution is 2.35. The van der Waals surface area contributed by atoms with Crippen molar-refractivity contribution < 1.29 is 33.6 Å². The number of nitro benzene ring substituents is 1. The number of allylic oxidation sites excluding steroid dienone is 1. The number of hydrogen-bond donors (Lipinski definition) is 2. The Bertz CT molecular complexity index is 1100. The fourth-order valence-corrected chi connectivity index (χ4v) is 3.53. The van der Waals surface area contributed by atoms with E-state index in [9.17, 15) is 29.3 Å². The van der Waals surface area contributed by atoms with E-state index < -0.39 is 34.8 Å². The number of nitro groups is 1. The van der Waals surface area contributed by atoms with E-state index in [0.717, 1.165) is 0 Å². The number of hydrogen-bond acceptors (Lipinski definition) is 9. The lowest BCUT2D eigenvalue weighted by molar-refractivity contribution is -0.384. The number of carbonyl (C=O) groups excluding carboxylic acids is 4. The fourth-order valence-electron chi connectivity index (χ4n) is 3.53. The van der Waals surface area contributed by atoms with Gasteiger partial charge in [-0.05, 0) is 33.3 Å². The van der Waals surface area contributed by atoms with Crippen molar-refractivity contribution in [3.8, 4) is 0 Å². The molecule has 0 bridgehead atoms. The molecule has 1 aromatic rings. The molecule has 1 aliphatic rings. The number of nitrogens with zero attached hydrogens (tertiary/aromatic N) is 3. The molecule has 2 N–H and O–H groups in total. The van der Waals surface area contributed by atoms with Crippen LogP contribution in [0.15, 0.2) is 40.6 Å². The Morgan fingerprint density at radius 1 is 1.22 bits per heavy atom. The maximum Gasteiger partial charge on any atom is 0.338 e. The maximum absolute atomic E-state index is 12.9. The van der Waals surface area contributed by atoms with Crippen LogP contribution in [0.5, 0.6) is 0 Å². The normalized spacial score (nSPS) is 15.8. The highest BCUT2D eigenvalue weighted by molar-refractivity contribution is 5.98. The molecule has 13 heteroatoms. The summed E-state index contributed by atoms with van der Waals surface area (Å²) in [5, 5.41) is 17.8. The first kappa shape index (κ1) is 28.0. The van der Waals surface area contributed by atoms with E-state index in [2.05, 4.69) is 15.8 Å². The van der Waals surface area contributed by atoms with Crippen LogP contribution in [0.2, 0.25) is 0 Å². The molecule has 1 unspecified atom stereocenters. The summed E-state index contributed by atoms with van der Waals surface area (Å²) in [6.45, 7) is 6.54. The number of carbonyl (C=O) groups is 4. The molecule has 36 heavy (non-hydrogen) atoms. The largest absolute Gasteiger partial charge is 0.466 e. The summed E-state index contributed by atoms with van der Waals surface area (Å²) in [4.78, 5) is 61.5. The van der Waals surface area contributed by atoms with Gasteiger partial charge in [-0.15, -0.1) is 0 Å². The monoisotopic (exact) mass is 503 g/mol. The third kappa shape index (κ3) is 7.35. The topological polar surface area (TPSA) is 170 Å². The van der Waals surface area contributed by atoms with Crippen molar-refractivity contribution in [2.45, 2.75) is 46.6 Å². The number of esters is 2. The second-order valence-corrected chi connectivity index (χ2v) is 7.75. The highest BCUT2D eigenvalue weighted by Gasteiger charge is 2.39. The fraction of sp³-hybridized carbons (Fsp3) is 0.435. The van der Waals surface area contributed by atoms with E-state index in [1.807, 2.05) is 0 Å². The summed E-state index contributed by atoms with van der Waals surface area (Å²) in [7, 11) is 0. The summed E-state index contributed by atoms with van der Waals surface area (Å²) in [6.07, 6.45) is -0.297. The van der Waals surface area contributed by atoms with Crippen LogP contribution < -0.4 is 10.7 Å². The quantitative estimate of drug-likeness (QED) is 0.201. The Labute approximate surface area is 207 Å². The molecule has 0 saturated carbocycles. The molecular weight excluding hydrogens is 474 g/mol. The molecule has 1 atom stereocenters. The van der Waals surface area contributed by atoms with Gasteiger partial charge in [0.25, 0.3) is 5.69 Å². The lowest BCUT2D eigenvalue weighted by atomic mass is 9.93. The minimum absolute atomic E-state index is 0.0801. The van der Waals surface area contributed by atoms with E-state index in [-0.39, 0.29) is 49.6 Å². The van der Waals surface area contributed by atoms with Crippen molar-refractivity contribution in [3.05, 3.63) is 51.2 Å². The zero-order valence-electron chi connectivity index (χ0n) is 20.5. The van der Waals surface area contributed by atoms with Gasteiger partial charge in [0.2, 0.25) is 5.91 Å². The van der Waals surface area contributed by atoms with Gasteiger partial charge in [0.15, 0.2) is 0 Å². The van der Waals surface area contributed by atoms with Crippen LogP contribution in [0.25, 0.3) is 0 Å². The molecule has 194 valence electrons. The zero-order valence-corrected chi connectivity index (χ0v) is 20.5. The van der Waals surface area contributed by atoms with Gasteiger partial charge in [-0.3, -0.25) is 19.7 Å². The second kappa shape index (κ2) is 13.0. The van der Waals surface area contributed by atoms with Crippen LogP contribution in [0, 0.1) is 10.1 Å². The van der Waals surface area contributed by atoms with E-state index in [4.69, 9.17) is 9.47 Å². The molecule has 3 amide bonds. The molecule has 0 aliphatic carbocycles. The van der Waals surface area contributed by atoms with E-state index in [0.29, 0.717) is 11.3 Å². The number of hydrazone groups is 1. The Hall–Kier alpha value is -4.29. The molecule has 1 aromatic carbocycles. The van der Waals surface area contributed by atoms with Gasteiger partial charge in [0, 0.05) is 36.5 Å². The lowest BCUT2D eigenvalue weighted by Gasteiger charge is -2.37. The van der Waals surface area contributed by atoms with Crippen LogP contribution in [0.1, 0.15) is 52.1 Å². The molecule has 2 rings (SSSR count). The van der Waals surface area contributed by atoms with E-state index in [1.165, 1.54) is 30.0 Å². The molecular formula is C23H29N5O8. The van der Waals surface area contributed by atoms with Crippen molar-refractivity contribution in [2.24, 2.45) is 5.10 Å². The Kier molecular flexibility index (Phi) is 10.1. The summed E-state index contributed by atoms with van der Waals surface area (Å²) < 4.78 is 9.98. The van der Waals surface area contributed by atoms with Gasteiger partial charge in [0.1, 0.15) is 0 Å².